The van der Waals surface area contributed by atoms with Crippen LogP contribution in [0.5, 0.6) is 0 Å². The minimum absolute atomic E-state index is 0.308. The molecule has 2 N–H and O–H groups in total. The molecule has 0 amide bonds. The van der Waals surface area contributed by atoms with Crippen molar-refractivity contribution in [3.05, 3.63) is 47.3 Å². The van der Waals surface area contributed by atoms with E-state index < -0.39 is 0 Å². The lowest BCUT2D eigenvalue weighted by atomic mass is 9.99. The highest BCUT2D eigenvalue weighted by atomic mass is 16.5. The van der Waals surface area contributed by atoms with E-state index >= 15 is 0 Å². The van der Waals surface area contributed by atoms with Gasteiger partial charge >= 0.3 is 0 Å². The SMILES string of the molecule is Cc1ccc(-c2c(-c3cc(C)nnc3C)noc2N)cc1. The van der Waals surface area contributed by atoms with E-state index in [2.05, 4.69) is 15.4 Å². The minimum atomic E-state index is 0.308. The van der Waals surface area contributed by atoms with Crippen LogP contribution in [0.25, 0.3) is 22.4 Å². The summed E-state index contributed by atoms with van der Waals surface area (Å²) < 4.78 is 5.21. The molecule has 0 aliphatic carbocycles. The fourth-order valence-corrected chi connectivity index (χ4v) is 2.28. The van der Waals surface area contributed by atoms with Gasteiger partial charge in [-0.1, -0.05) is 35.0 Å². The number of anilines is 1. The van der Waals surface area contributed by atoms with Gasteiger partial charge in [0, 0.05) is 5.56 Å². The standard InChI is InChI=1S/C16H16N4O/c1-9-4-6-12(7-5-9)14-15(20-21-16(14)17)13-8-10(2)18-19-11(13)3/h4-8H,17H2,1-3H3. The second kappa shape index (κ2) is 5.01. The van der Waals surface area contributed by atoms with Gasteiger partial charge in [-0.2, -0.15) is 10.2 Å². The van der Waals surface area contributed by atoms with Crippen molar-refractivity contribution in [3.63, 3.8) is 0 Å². The Bertz CT molecular complexity index is 791. The molecule has 0 radical (unpaired) electrons. The largest absolute Gasteiger partial charge is 0.367 e. The average molecular weight is 280 g/mol. The first-order chi connectivity index (χ1) is 10.1. The predicted molar refractivity (Wildman–Crippen MR) is 81.6 cm³/mol. The van der Waals surface area contributed by atoms with Crippen LogP contribution in [-0.2, 0) is 0 Å². The lowest BCUT2D eigenvalue weighted by Crippen LogP contribution is -1.95. The number of rotatable bonds is 2. The first-order valence-corrected chi connectivity index (χ1v) is 6.69. The maximum Gasteiger partial charge on any atom is 0.230 e. The smallest absolute Gasteiger partial charge is 0.230 e. The van der Waals surface area contributed by atoms with Crippen LogP contribution in [0.15, 0.2) is 34.9 Å². The summed E-state index contributed by atoms with van der Waals surface area (Å²) in [5.74, 6) is 0.308. The van der Waals surface area contributed by atoms with Gasteiger partial charge in [0.05, 0.1) is 17.0 Å². The molecule has 0 unspecified atom stereocenters. The summed E-state index contributed by atoms with van der Waals surface area (Å²) in [5, 5.41) is 12.3. The summed E-state index contributed by atoms with van der Waals surface area (Å²) >= 11 is 0. The van der Waals surface area contributed by atoms with E-state index in [4.69, 9.17) is 10.3 Å². The van der Waals surface area contributed by atoms with Crippen molar-refractivity contribution in [2.75, 3.05) is 5.73 Å². The van der Waals surface area contributed by atoms with Crippen LogP contribution in [-0.4, -0.2) is 15.4 Å². The fourth-order valence-electron chi connectivity index (χ4n) is 2.28. The molecule has 3 rings (SSSR count). The van der Waals surface area contributed by atoms with Gasteiger partial charge in [0.1, 0.15) is 5.69 Å². The second-order valence-electron chi connectivity index (χ2n) is 5.12. The van der Waals surface area contributed by atoms with Crippen molar-refractivity contribution >= 4 is 5.88 Å². The van der Waals surface area contributed by atoms with Crippen molar-refractivity contribution in [1.29, 1.82) is 0 Å². The highest BCUT2D eigenvalue weighted by Crippen LogP contribution is 2.37. The van der Waals surface area contributed by atoms with Crippen LogP contribution in [0.4, 0.5) is 5.88 Å². The molecule has 5 heteroatoms. The molecule has 3 aromatic rings. The molecule has 0 saturated heterocycles. The molecular weight excluding hydrogens is 264 g/mol. The van der Waals surface area contributed by atoms with Gasteiger partial charge in [0.15, 0.2) is 0 Å². The van der Waals surface area contributed by atoms with Crippen molar-refractivity contribution in [1.82, 2.24) is 15.4 Å². The number of benzene rings is 1. The molecule has 21 heavy (non-hydrogen) atoms. The van der Waals surface area contributed by atoms with Crippen LogP contribution in [0, 0.1) is 20.8 Å². The summed E-state index contributed by atoms with van der Waals surface area (Å²) in [5.41, 5.74) is 12.1. The van der Waals surface area contributed by atoms with E-state index in [0.717, 1.165) is 28.1 Å². The molecule has 0 bridgehead atoms. The van der Waals surface area contributed by atoms with Gasteiger partial charge in [-0.05, 0) is 32.4 Å². The van der Waals surface area contributed by atoms with Gasteiger partial charge in [-0.25, -0.2) is 0 Å². The minimum Gasteiger partial charge on any atom is -0.367 e. The number of aromatic nitrogens is 3. The first kappa shape index (κ1) is 13.3. The Morgan fingerprint density at radius 1 is 1.00 bits per heavy atom. The number of aryl methyl sites for hydroxylation is 3. The van der Waals surface area contributed by atoms with Gasteiger partial charge < -0.3 is 10.3 Å². The number of nitrogens with zero attached hydrogens (tertiary/aromatic N) is 3. The summed E-state index contributed by atoms with van der Waals surface area (Å²) in [6.07, 6.45) is 0. The van der Waals surface area contributed by atoms with E-state index in [-0.39, 0.29) is 0 Å². The molecule has 5 nitrogen and oxygen atoms in total. The van der Waals surface area contributed by atoms with Gasteiger partial charge in [0.2, 0.25) is 5.88 Å². The summed E-state index contributed by atoms with van der Waals surface area (Å²) in [6, 6.07) is 10.0. The molecule has 0 aliphatic rings. The Kier molecular flexibility index (Phi) is 3.17. The molecule has 0 aliphatic heterocycles. The summed E-state index contributed by atoms with van der Waals surface area (Å²) in [6.45, 7) is 5.83. The predicted octanol–water partition coefficient (Wildman–Crippen LogP) is 3.31. The molecule has 2 aromatic heterocycles. The fraction of sp³-hybridized carbons (Fsp3) is 0.188. The van der Waals surface area contributed by atoms with Crippen molar-refractivity contribution in [3.8, 4) is 22.4 Å². The zero-order valence-corrected chi connectivity index (χ0v) is 12.2. The molecule has 0 atom stereocenters. The summed E-state index contributed by atoms with van der Waals surface area (Å²) in [4.78, 5) is 0. The van der Waals surface area contributed by atoms with Crippen molar-refractivity contribution in [2.24, 2.45) is 0 Å². The highest BCUT2D eigenvalue weighted by molar-refractivity contribution is 5.87. The number of nitrogen functional groups attached to an aromatic ring is 1. The molecular formula is C16H16N4O. The zero-order valence-electron chi connectivity index (χ0n) is 12.2. The molecule has 106 valence electrons. The van der Waals surface area contributed by atoms with E-state index in [1.807, 2.05) is 51.1 Å². The van der Waals surface area contributed by atoms with E-state index in [1.165, 1.54) is 5.56 Å². The topological polar surface area (TPSA) is 77.8 Å². The molecule has 0 saturated carbocycles. The van der Waals surface area contributed by atoms with Crippen LogP contribution in [0.1, 0.15) is 17.0 Å². The second-order valence-corrected chi connectivity index (χ2v) is 5.12. The van der Waals surface area contributed by atoms with Crippen molar-refractivity contribution in [2.45, 2.75) is 20.8 Å². The third-order valence-electron chi connectivity index (χ3n) is 3.41. The van der Waals surface area contributed by atoms with Crippen LogP contribution in [0.3, 0.4) is 0 Å². The number of hydrogen-bond acceptors (Lipinski definition) is 5. The maximum atomic E-state index is 5.97. The van der Waals surface area contributed by atoms with Gasteiger partial charge in [0.25, 0.3) is 0 Å². The Labute approximate surface area is 122 Å². The lowest BCUT2D eigenvalue weighted by Gasteiger charge is -2.06. The quantitative estimate of drug-likeness (QED) is 0.779. The average Bonchev–Trinajstić information content (AvgIpc) is 2.84. The molecule has 2 heterocycles. The van der Waals surface area contributed by atoms with Gasteiger partial charge in [-0.15, -0.1) is 0 Å². The van der Waals surface area contributed by atoms with Crippen LogP contribution >= 0.6 is 0 Å². The Morgan fingerprint density at radius 2 is 1.71 bits per heavy atom. The normalized spacial score (nSPS) is 10.8. The zero-order chi connectivity index (χ0) is 15.0. The van der Waals surface area contributed by atoms with Gasteiger partial charge in [-0.3, -0.25) is 0 Å². The maximum absolute atomic E-state index is 5.97. The van der Waals surface area contributed by atoms with E-state index in [9.17, 15) is 0 Å². The van der Waals surface area contributed by atoms with Crippen molar-refractivity contribution < 1.29 is 4.52 Å². The van der Waals surface area contributed by atoms with Crippen LogP contribution < -0.4 is 5.73 Å². The molecule has 0 fully saturated rings. The Morgan fingerprint density at radius 3 is 2.43 bits per heavy atom. The molecule has 1 aromatic carbocycles. The Balaban J connectivity index is 2.21. The number of hydrogen-bond donors (Lipinski definition) is 1. The van der Waals surface area contributed by atoms with E-state index in [1.54, 1.807) is 0 Å². The number of nitrogens with two attached hydrogens (primary N) is 1. The third kappa shape index (κ3) is 2.38. The van der Waals surface area contributed by atoms with Crippen LogP contribution in [0.2, 0.25) is 0 Å². The lowest BCUT2D eigenvalue weighted by molar-refractivity contribution is 0.439. The van der Waals surface area contributed by atoms with E-state index in [0.29, 0.717) is 11.6 Å². The first-order valence-electron chi connectivity index (χ1n) is 6.69. The third-order valence-corrected chi connectivity index (χ3v) is 3.41. The summed E-state index contributed by atoms with van der Waals surface area (Å²) in [7, 11) is 0. The highest BCUT2D eigenvalue weighted by Gasteiger charge is 2.19. The monoisotopic (exact) mass is 280 g/mol. The molecule has 0 spiro atoms. The Hall–Kier alpha value is -2.69.